The highest BCUT2D eigenvalue weighted by Crippen LogP contribution is 2.30. The second kappa shape index (κ2) is 6.45. The lowest BCUT2D eigenvalue weighted by molar-refractivity contribution is 0.585. The Hall–Kier alpha value is -3.74. The van der Waals surface area contributed by atoms with Gasteiger partial charge in [-0.05, 0) is 12.1 Å². The van der Waals surface area contributed by atoms with Crippen LogP contribution in [-0.4, -0.2) is 29.5 Å². The third kappa shape index (κ3) is 2.87. The standard InChI is InChI=1S/C21H17FN6/c1-27-11-16(8-25-27)15-6-18-19(10-24-21(18)23-7-15)17-9-26-28(13-17)12-14-4-2-3-5-20(14)22/h2-11,13H,12H2,1H3,(H,23,24). The van der Waals surface area contributed by atoms with Gasteiger partial charge in [-0.1, -0.05) is 18.2 Å². The number of aromatic nitrogens is 6. The Morgan fingerprint density at radius 1 is 1.00 bits per heavy atom. The molecule has 7 heteroatoms. The molecular formula is C21H17FN6. The van der Waals surface area contributed by atoms with Crippen LogP contribution in [0.15, 0.2) is 67.5 Å². The summed E-state index contributed by atoms with van der Waals surface area (Å²) in [6, 6.07) is 8.84. The van der Waals surface area contributed by atoms with E-state index in [9.17, 15) is 4.39 Å². The zero-order chi connectivity index (χ0) is 19.1. The molecule has 0 saturated heterocycles. The number of nitrogens with one attached hydrogen (secondary N) is 1. The summed E-state index contributed by atoms with van der Waals surface area (Å²) in [6.07, 6.45) is 11.3. The van der Waals surface area contributed by atoms with Gasteiger partial charge in [0.05, 0.1) is 18.9 Å². The third-order valence-corrected chi connectivity index (χ3v) is 4.80. The fraction of sp³-hybridized carbons (Fsp3) is 0.0952. The first-order valence-corrected chi connectivity index (χ1v) is 8.90. The van der Waals surface area contributed by atoms with Crippen LogP contribution >= 0.6 is 0 Å². The second-order valence-electron chi connectivity index (χ2n) is 6.74. The lowest BCUT2D eigenvalue weighted by atomic mass is 10.1. The van der Waals surface area contributed by atoms with Crippen LogP contribution in [0.5, 0.6) is 0 Å². The smallest absolute Gasteiger partial charge is 0.137 e. The predicted molar refractivity (Wildman–Crippen MR) is 105 cm³/mol. The fourth-order valence-corrected chi connectivity index (χ4v) is 3.36. The average Bonchev–Trinajstić information content (AvgIpc) is 3.42. The number of hydrogen-bond donors (Lipinski definition) is 1. The molecule has 0 radical (unpaired) electrons. The molecule has 0 bridgehead atoms. The number of aryl methyl sites for hydroxylation is 1. The van der Waals surface area contributed by atoms with Gasteiger partial charge in [0, 0.05) is 65.0 Å². The number of fused-ring (bicyclic) bond motifs is 1. The SMILES string of the molecule is Cn1cc(-c2cnc3[nH]cc(-c4cnn(Cc5ccccc5F)c4)c3c2)cn1. The molecule has 4 heterocycles. The van der Waals surface area contributed by atoms with Gasteiger partial charge in [0.25, 0.3) is 0 Å². The molecule has 0 spiro atoms. The van der Waals surface area contributed by atoms with Crippen LogP contribution in [0.25, 0.3) is 33.3 Å². The number of rotatable bonds is 4. The van der Waals surface area contributed by atoms with E-state index in [1.165, 1.54) is 6.07 Å². The van der Waals surface area contributed by atoms with Gasteiger partial charge in [0.1, 0.15) is 11.5 Å². The number of benzene rings is 1. The largest absolute Gasteiger partial charge is 0.346 e. The molecule has 4 aromatic heterocycles. The molecule has 0 fully saturated rings. The first-order chi connectivity index (χ1) is 13.7. The van der Waals surface area contributed by atoms with Crippen molar-refractivity contribution in [1.82, 2.24) is 29.5 Å². The highest BCUT2D eigenvalue weighted by molar-refractivity contribution is 5.95. The summed E-state index contributed by atoms with van der Waals surface area (Å²) in [7, 11) is 1.89. The maximum absolute atomic E-state index is 13.9. The lowest BCUT2D eigenvalue weighted by Gasteiger charge is -2.03. The molecule has 0 aliphatic heterocycles. The molecule has 6 nitrogen and oxygen atoms in total. The van der Waals surface area contributed by atoms with E-state index in [2.05, 4.69) is 26.2 Å². The normalized spacial score (nSPS) is 11.4. The molecule has 5 rings (SSSR count). The fourth-order valence-electron chi connectivity index (χ4n) is 3.36. The number of hydrogen-bond acceptors (Lipinski definition) is 3. The summed E-state index contributed by atoms with van der Waals surface area (Å²) < 4.78 is 17.4. The van der Waals surface area contributed by atoms with E-state index in [1.807, 2.05) is 44.1 Å². The van der Waals surface area contributed by atoms with Gasteiger partial charge in [-0.25, -0.2) is 9.37 Å². The van der Waals surface area contributed by atoms with Gasteiger partial charge in [-0.2, -0.15) is 10.2 Å². The molecule has 0 saturated carbocycles. The van der Waals surface area contributed by atoms with E-state index in [1.54, 1.807) is 27.7 Å². The van der Waals surface area contributed by atoms with E-state index >= 15 is 0 Å². The van der Waals surface area contributed by atoms with Crippen molar-refractivity contribution in [2.45, 2.75) is 6.54 Å². The minimum atomic E-state index is -0.225. The first-order valence-electron chi connectivity index (χ1n) is 8.90. The number of halogens is 1. The van der Waals surface area contributed by atoms with E-state index in [-0.39, 0.29) is 5.82 Å². The van der Waals surface area contributed by atoms with E-state index < -0.39 is 0 Å². The predicted octanol–water partition coefficient (Wildman–Crippen LogP) is 4.01. The number of aromatic amines is 1. The van der Waals surface area contributed by atoms with Gasteiger partial charge in [0.15, 0.2) is 0 Å². The Bertz CT molecular complexity index is 1280. The van der Waals surface area contributed by atoms with Crippen LogP contribution in [-0.2, 0) is 13.6 Å². The topological polar surface area (TPSA) is 64.3 Å². The summed E-state index contributed by atoms with van der Waals surface area (Å²) in [5.41, 5.74) is 5.39. The molecule has 0 atom stereocenters. The minimum Gasteiger partial charge on any atom is -0.346 e. The monoisotopic (exact) mass is 372 g/mol. The molecule has 0 aliphatic rings. The summed E-state index contributed by atoms with van der Waals surface area (Å²) in [5, 5.41) is 9.64. The quantitative estimate of drug-likeness (QED) is 0.518. The van der Waals surface area contributed by atoms with Crippen molar-refractivity contribution >= 4 is 11.0 Å². The maximum Gasteiger partial charge on any atom is 0.137 e. The highest BCUT2D eigenvalue weighted by atomic mass is 19.1. The van der Waals surface area contributed by atoms with E-state index in [4.69, 9.17) is 0 Å². The van der Waals surface area contributed by atoms with Crippen molar-refractivity contribution in [3.05, 3.63) is 78.9 Å². The van der Waals surface area contributed by atoms with Crippen LogP contribution < -0.4 is 0 Å². The zero-order valence-corrected chi connectivity index (χ0v) is 15.2. The molecule has 1 aromatic carbocycles. The van der Waals surface area contributed by atoms with Crippen molar-refractivity contribution < 1.29 is 4.39 Å². The Kier molecular flexibility index (Phi) is 3.79. The third-order valence-electron chi connectivity index (χ3n) is 4.80. The summed E-state index contributed by atoms with van der Waals surface area (Å²) in [4.78, 5) is 7.74. The molecule has 28 heavy (non-hydrogen) atoms. The van der Waals surface area contributed by atoms with Gasteiger partial charge < -0.3 is 4.98 Å². The molecule has 0 unspecified atom stereocenters. The van der Waals surface area contributed by atoms with Crippen molar-refractivity contribution in [3.63, 3.8) is 0 Å². The van der Waals surface area contributed by atoms with Gasteiger partial charge >= 0.3 is 0 Å². The van der Waals surface area contributed by atoms with Crippen LogP contribution in [0, 0.1) is 5.82 Å². The van der Waals surface area contributed by atoms with Crippen LogP contribution in [0.2, 0.25) is 0 Å². The van der Waals surface area contributed by atoms with Crippen LogP contribution in [0.1, 0.15) is 5.56 Å². The Labute approximate surface area is 160 Å². The zero-order valence-electron chi connectivity index (χ0n) is 15.2. The lowest BCUT2D eigenvalue weighted by Crippen LogP contribution is -2.01. The van der Waals surface area contributed by atoms with Crippen molar-refractivity contribution in [2.75, 3.05) is 0 Å². The number of nitrogens with zero attached hydrogens (tertiary/aromatic N) is 5. The summed E-state index contributed by atoms with van der Waals surface area (Å²) in [6.45, 7) is 0.383. The average molecular weight is 372 g/mol. The number of H-pyrrole nitrogens is 1. The Morgan fingerprint density at radius 3 is 2.68 bits per heavy atom. The van der Waals surface area contributed by atoms with Gasteiger partial charge in [-0.15, -0.1) is 0 Å². The molecular weight excluding hydrogens is 355 g/mol. The van der Waals surface area contributed by atoms with Crippen molar-refractivity contribution in [2.24, 2.45) is 7.05 Å². The van der Waals surface area contributed by atoms with Crippen LogP contribution in [0.3, 0.4) is 0 Å². The van der Waals surface area contributed by atoms with Crippen molar-refractivity contribution in [3.8, 4) is 22.3 Å². The summed E-state index contributed by atoms with van der Waals surface area (Å²) >= 11 is 0. The Morgan fingerprint density at radius 2 is 1.86 bits per heavy atom. The molecule has 1 N–H and O–H groups in total. The minimum absolute atomic E-state index is 0.225. The first kappa shape index (κ1) is 16.4. The number of pyridine rings is 1. The van der Waals surface area contributed by atoms with Gasteiger partial charge in [-0.3, -0.25) is 9.36 Å². The van der Waals surface area contributed by atoms with E-state index in [0.29, 0.717) is 12.1 Å². The van der Waals surface area contributed by atoms with E-state index in [0.717, 1.165) is 33.3 Å². The molecule has 5 aromatic rings. The summed E-state index contributed by atoms with van der Waals surface area (Å²) in [5.74, 6) is -0.225. The van der Waals surface area contributed by atoms with Crippen molar-refractivity contribution in [1.29, 1.82) is 0 Å². The molecule has 0 aliphatic carbocycles. The molecule has 0 amide bonds. The maximum atomic E-state index is 13.9. The molecule has 138 valence electrons. The van der Waals surface area contributed by atoms with Crippen LogP contribution in [0.4, 0.5) is 4.39 Å². The second-order valence-corrected chi connectivity index (χ2v) is 6.74. The highest BCUT2D eigenvalue weighted by Gasteiger charge is 2.12. The van der Waals surface area contributed by atoms with Gasteiger partial charge in [0.2, 0.25) is 0 Å². The Balaban J connectivity index is 1.51.